The molecule has 2 aliphatic heterocycles. The van der Waals surface area contributed by atoms with Crippen LogP contribution in [0.4, 0.5) is 0 Å². The van der Waals surface area contributed by atoms with Crippen molar-refractivity contribution in [3.63, 3.8) is 0 Å². The van der Waals surface area contributed by atoms with Gasteiger partial charge in [-0.25, -0.2) is 0 Å². The second kappa shape index (κ2) is 5.88. The van der Waals surface area contributed by atoms with Crippen molar-refractivity contribution in [1.82, 2.24) is 0 Å². The van der Waals surface area contributed by atoms with E-state index in [9.17, 15) is 9.59 Å². The molecule has 2 bridgehead atoms. The Bertz CT molecular complexity index is 860. The number of allylic oxidation sites excluding steroid dienone is 2. The average molecular weight is 368 g/mol. The number of Topliss-reactive ketones (excluding diaryl/α,β-unsaturated/α-hetero) is 1. The van der Waals surface area contributed by atoms with Crippen LogP contribution >= 0.6 is 0 Å². The van der Waals surface area contributed by atoms with Crippen LogP contribution in [-0.4, -0.2) is 30.4 Å². The van der Waals surface area contributed by atoms with Crippen molar-refractivity contribution in [1.29, 1.82) is 0 Å². The van der Waals surface area contributed by atoms with Crippen molar-refractivity contribution in [2.75, 3.05) is 7.11 Å². The quantitative estimate of drug-likeness (QED) is 0.800. The highest BCUT2D eigenvalue weighted by molar-refractivity contribution is 6.07. The largest absolute Gasteiger partial charge is 0.497 e. The number of fused-ring (bicyclic) bond motifs is 3. The number of hydrogen-bond donors (Lipinski definition) is 0. The zero-order chi connectivity index (χ0) is 19.4. The lowest BCUT2D eigenvalue weighted by Crippen LogP contribution is -2.54. The summed E-state index contributed by atoms with van der Waals surface area (Å²) in [6, 6.07) is 9.49. The Morgan fingerprint density at radius 3 is 2.44 bits per heavy atom. The van der Waals surface area contributed by atoms with Gasteiger partial charge in [0.15, 0.2) is 23.5 Å². The Hall–Kier alpha value is -2.24. The number of ketones is 2. The summed E-state index contributed by atoms with van der Waals surface area (Å²) >= 11 is 0. The molecule has 3 unspecified atom stereocenters. The molecule has 142 valence electrons. The summed E-state index contributed by atoms with van der Waals surface area (Å²) in [4.78, 5) is 26.0. The first-order valence-electron chi connectivity index (χ1n) is 9.22. The maximum absolute atomic E-state index is 13.2. The molecule has 3 aliphatic rings. The van der Waals surface area contributed by atoms with Gasteiger partial charge in [-0.05, 0) is 17.1 Å². The maximum Gasteiger partial charge on any atom is 0.223 e. The lowest BCUT2D eigenvalue weighted by atomic mass is 9.74. The minimum atomic E-state index is -1.57. The molecule has 1 spiro atoms. The first kappa shape index (κ1) is 18.1. The van der Waals surface area contributed by atoms with Crippen LogP contribution in [-0.2, 0) is 29.6 Å². The average Bonchev–Trinajstić information content (AvgIpc) is 2.93. The van der Waals surface area contributed by atoms with Crippen molar-refractivity contribution in [3.8, 4) is 0 Å². The van der Waals surface area contributed by atoms with E-state index in [0.717, 1.165) is 11.1 Å². The number of hydrogen-bond acceptors (Lipinski definition) is 5. The number of rotatable bonds is 2. The molecular weight excluding hydrogens is 344 g/mol. The summed E-state index contributed by atoms with van der Waals surface area (Å²) in [6.07, 6.45) is 2.89. The highest BCUT2D eigenvalue weighted by atomic mass is 16.8. The smallest absolute Gasteiger partial charge is 0.223 e. The first-order valence-corrected chi connectivity index (χ1v) is 9.22. The van der Waals surface area contributed by atoms with Crippen LogP contribution < -0.4 is 0 Å². The predicted octanol–water partition coefficient (Wildman–Crippen LogP) is 3.44. The molecule has 0 radical (unpaired) electrons. The van der Waals surface area contributed by atoms with Gasteiger partial charge in [-0.3, -0.25) is 9.59 Å². The number of methoxy groups -OCH3 is 1. The fraction of sp³-hybridized carbons (Fsp3) is 0.455. The lowest BCUT2D eigenvalue weighted by molar-refractivity contribution is -0.210. The van der Waals surface area contributed by atoms with E-state index in [1.54, 1.807) is 6.08 Å². The molecule has 2 heterocycles. The fourth-order valence-corrected chi connectivity index (χ4v) is 4.26. The lowest BCUT2D eigenvalue weighted by Gasteiger charge is -2.37. The van der Waals surface area contributed by atoms with Crippen molar-refractivity contribution >= 4 is 11.6 Å². The number of carbonyl (C=O) groups is 2. The van der Waals surface area contributed by atoms with E-state index in [1.165, 1.54) is 13.2 Å². The Kier molecular flexibility index (Phi) is 3.95. The third kappa shape index (κ3) is 2.45. The van der Waals surface area contributed by atoms with Gasteiger partial charge in [0.05, 0.1) is 7.11 Å². The van der Waals surface area contributed by atoms with E-state index >= 15 is 0 Å². The van der Waals surface area contributed by atoms with Gasteiger partial charge in [0.25, 0.3) is 0 Å². The van der Waals surface area contributed by atoms with E-state index in [1.807, 2.05) is 51.1 Å². The minimum absolute atomic E-state index is 0.134. The van der Waals surface area contributed by atoms with Crippen LogP contribution in [0.15, 0.2) is 53.8 Å². The number of ether oxygens (including phenoxy) is 3. The van der Waals surface area contributed by atoms with Crippen LogP contribution in [0, 0.1) is 5.41 Å². The summed E-state index contributed by atoms with van der Waals surface area (Å²) in [5.41, 5.74) is -0.236. The molecule has 0 saturated carbocycles. The molecular formula is C22H24O5. The highest BCUT2D eigenvalue weighted by Gasteiger charge is 2.69. The van der Waals surface area contributed by atoms with Gasteiger partial charge in [-0.2, -0.15) is 0 Å². The number of carbonyl (C=O) groups excluding carboxylic acids is 2. The van der Waals surface area contributed by atoms with Gasteiger partial charge in [-0.15, -0.1) is 0 Å². The SMILES string of the molecule is COC1=C(C(C)(C)C)C=CC(=O)C12OC1(c3ccccc3)CCC(=O)C2O1. The zero-order valence-electron chi connectivity index (χ0n) is 16.1. The van der Waals surface area contributed by atoms with Crippen LogP contribution in [0.3, 0.4) is 0 Å². The van der Waals surface area contributed by atoms with Gasteiger partial charge in [0.2, 0.25) is 5.60 Å². The third-order valence-electron chi connectivity index (χ3n) is 5.57. The molecule has 2 saturated heterocycles. The molecule has 3 atom stereocenters. The molecule has 1 aromatic carbocycles. The molecule has 0 aromatic heterocycles. The van der Waals surface area contributed by atoms with E-state index in [-0.39, 0.29) is 17.0 Å². The molecule has 2 fully saturated rings. The van der Waals surface area contributed by atoms with Crippen molar-refractivity contribution < 1.29 is 23.8 Å². The third-order valence-corrected chi connectivity index (χ3v) is 5.57. The highest BCUT2D eigenvalue weighted by Crippen LogP contribution is 2.55. The van der Waals surface area contributed by atoms with E-state index in [2.05, 4.69) is 0 Å². The van der Waals surface area contributed by atoms with Crippen LogP contribution in [0.1, 0.15) is 39.2 Å². The van der Waals surface area contributed by atoms with Crippen molar-refractivity contribution in [2.45, 2.75) is 51.1 Å². The predicted molar refractivity (Wildman–Crippen MR) is 98.7 cm³/mol. The molecule has 5 nitrogen and oxygen atoms in total. The maximum atomic E-state index is 13.2. The molecule has 5 heteroatoms. The van der Waals surface area contributed by atoms with Crippen LogP contribution in [0.2, 0.25) is 0 Å². The molecule has 0 N–H and O–H groups in total. The monoisotopic (exact) mass is 368 g/mol. The normalized spacial score (nSPS) is 33.1. The van der Waals surface area contributed by atoms with Crippen molar-refractivity contribution in [3.05, 3.63) is 59.4 Å². The minimum Gasteiger partial charge on any atom is -0.497 e. The Balaban J connectivity index is 1.94. The topological polar surface area (TPSA) is 61.8 Å². The first-order chi connectivity index (χ1) is 12.7. The van der Waals surface area contributed by atoms with E-state index in [0.29, 0.717) is 18.6 Å². The second-order valence-electron chi connectivity index (χ2n) is 8.32. The Labute approximate surface area is 159 Å². The summed E-state index contributed by atoms with van der Waals surface area (Å²) in [5, 5.41) is 0. The number of benzene rings is 1. The standard InChI is InChI=1S/C22H24O5/c1-20(2,3)15-10-11-17(24)22(18(15)25-4)19-16(23)12-13-21(26-19,27-22)14-8-6-5-7-9-14/h5-11,19H,12-13H2,1-4H3. The van der Waals surface area contributed by atoms with Gasteiger partial charge < -0.3 is 14.2 Å². The van der Waals surface area contributed by atoms with Crippen LogP contribution in [0.5, 0.6) is 0 Å². The van der Waals surface area contributed by atoms with E-state index in [4.69, 9.17) is 14.2 Å². The van der Waals surface area contributed by atoms with Crippen molar-refractivity contribution in [2.24, 2.45) is 5.41 Å². The fourth-order valence-electron chi connectivity index (χ4n) is 4.26. The summed E-state index contributed by atoms with van der Waals surface area (Å²) in [6.45, 7) is 6.10. The Morgan fingerprint density at radius 2 is 1.81 bits per heavy atom. The molecule has 0 amide bonds. The van der Waals surface area contributed by atoms with Gasteiger partial charge in [0, 0.05) is 18.4 Å². The van der Waals surface area contributed by atoms with E-state index < -0.39 is 17.5 Å². The summed E-state index contributed by atoms with van der Waals surface area (Å²) < 4.78 is 18.4. The Morgan fingerprint density at radius 1 is 1.11 bits per heavy atom. The molecule has 1 aliphatic carbocycles. The summed E-state index contributed by atoms with van der Waals surface area (Å²) in [5.74, 6) is -1.20. The molecule has 4 rings (SSSR count). The summed E-state index contributed by atoms with van der Waals surface area (Å²) in [7, 11) is 1.51. The molecule has 1 aromatic rings. The molecule has 27 heavy (non-hydrogen) atoms. The second-order valence-corrected chi connectivity index (χ2v) is 8.32. The van der Waals surface area contributed by atoms with Gasteiger partial charge in [-0.1, -0.05) is 57.2 Å². The zero-order valence-corrected chi connectivity index (χ0v) is 16.1. The van der Waals surface area contributed by atoms with Gasteiger partial charge >= 0.3 is 0 Å². The van der Waals surface area contributed by atoms with Crippen LogP contribution in [0.25, 0.3) is 0 Å². The van der Waals surface area contributed by atoms with Gasteiger partial charge in [0.1, 0.15) is 5.76 Å².